The van der Waals surface area contributed by atoms with Crippen LogP contribution in [0.2, 0.25) is 0 Å². The lowest BCUT2D eigenvalue weighted by atomic mass is 10.0. The lowest BCUT2D eigenvalue weighted by Crippen LogP contribution is -2.21. The van der Waals surface area contributed by atoms with Crippen molar-refractivity contribution in [1.29, 1.82) is 0 Å². The van der Waals surface area contributed by atoms with Crippen LogP contribution in [-0.2, 0) is 26.2 Å². The second-order valence-electron chi connectivity index (χ2n) is 14.3. The van der Waals surface area contributed by atoms with Gasteiger partial charge in [0.05, 0.1) is 23.8 Å². The molecule has 54 heavy (non-hydrogen) atoms. The smallest absolute Gasteiger partial charge is 0.306 e. The lowest BCUT2D eigenvalue weighted by molar-refractivity contribution is -0.145. The fourth-order valence-electron chi connectivity index (χ4n) is 6.15. The van der Waals surface area contributed by atoms with Crippen LogP contribution in [0.15, 0.2) is 82.8 Å². The molecule has 0 atom stereocenters. The molecule has 9 heteroatoms. The molecule has 1 N–H and O–H groups in total. The van der Waals surface area contributed by atoms with Crippen molar-refractivity contribution >= 4 is 21.7 Å². The van der Waals surface area contributed by atoms with E-state index in [4.69, 9.17) is 14.2 Å². The summed E-state index contributed by atoms with van der Waals surface area (Å²) in [5, 5.41) is 4.28. The van der Waals surface area contributed by atoms with E-state index in [2.05, 4.69) is 23.8 Å². The predicted molar refractivity (Wildman–Crippen MR) is 221 cm³/mol. The van der Waals surface area contributed by atoms with Crippen LogP contribution < -0.4 is 14.3 Å². The SMILES string of the molecule is CCCCCCCCCCOc1cc(COC(=O)CCC/C(=N/NS(=O)(=O)c2ccc(C)cc2)c2ccccc2)cc(OCCCCCCCCCC)c1. The van der Waals surface area contributed by atoms with E-state index in [1.54, 1.807) is 24.3 Å². The zero-order valence-electron chi connectivity index (χ0n) is 33.3. The summed E-state index contributed by atoms with van der Waals surface area (Å²) in [5.41, 5.74) is 3.10. The third-order valence-electron chi connectivity index (χ3n) is 9.41. The molecule has 0 spiro atoms. The molecule has 0 saturated heterocycles. The number of carbonyl (C=O) groups excluding carboxylic acids is 1. The van der Waals surface area contributed by atoms with Gasteiger partial charge in [-0.2, -0.15) is 18.4 Å². The monoisotopic (exact) mass is 762 g/mol. The van der Waals surface area contributed by atoms with Crippen molar-refractivity contribution in [2.24, 2.45) is 5.10 Å². The molecule has 8 nitrogen and oxygen atoms in total. The summed E-state index contributed by atoms with van der Waals surface area (Å²) in [6.07, 6.45) is 20.8. The number of sulfonamides is 1. The van der Waals surface area contributed by atoms with Crippen molar-refractivity contribution < 1.29 is 27.4 Å². The number of carbonyl (C=O) groups is 1. The number of esters is 1. The number of nitrogens with one attached hydrogen (secondary N) is 1. The van der Waals surface area contributed by atoms with Crippen LogP contribution in [0.25, 0.3) is 0 Å². The van der Waals surface area contributed by atoms with Gasteiger partial charge in [-0.1, -0.05) is 152 Å². The second kappa shape index (κ2) is 26.8. The van der Waals surface area contributed by atoms with E-state index < -0.39 is 10.0 Å². The fourth-order valence-corrected chi connectivity index (χ4v) is 6.98. The van der Waals surface area contributed by atoms with Gasteiger partial charge < -0.3 is 14.2 Å². The van der Waals surface area contributed by atoms with Crippen LogP contribution in [-0.4, -0.2) is 33.3 Å². The minimum atomic E-state index is -3.85. The molecule has 0 amide bonds. The van der Waals surface area contributed by atoms with Crippen molar-refractivity contribution in [2.45, 2.75) is 154 Å². The van der Waals surface area contributed by atoms with Crippen molar-refractivity contribution in [1.82, 2.24) is 4.83 Å². The van der Waals surface area contributed by atoms with E-state index in [0.29, 0.717) is 31.8 Å². The molecule has 0 radical (unpaired) electrons. The summed E-state index contributed by atoms with van der Waals surface area (Å²) in [5.74, 6) is 1.12. The minimum absolute atomic E-state index is 0.109. The molecule has 0 aliphatic heterocycles. The van der Waals surface area contributed by atoms with E-state index in [0.717, 1.165) is 53.9 Å². The molecule has 0 fully saturated rings. The third-order valence-corrected chi connectivity index (χ3v) is 10.6. The van der Waals surface area contributed by atoms with E-state index in [1.165, 1.54) is 77.0 Å². The summed E-state index contributed by atoms with van der Waals surface area (Å²) < 4.78 is 43.8. The van der Waals surface area contributed by atoms with Crippen LogP contribution in [0, 0.1) is 6.92 Å². The van der Waals surface area contributed by atoms with Gasteiger partial charge >= 0.3 is 5.97 Å². The average molecular weight is 763 g/mol. The van der Waals surface area contributed by atoms with Crippen molar-refractivity contribution in [3.63, 3.8) is 0 Å². The number of nitrogens with zero attached hydrogens (tertiary/aromatic N) is 1. The number of aryl methyl sites for hydroxylation is 1. The maximum Gasteiger partial charge on any atom is 0.306 e. The highest BCUT2D eigenvalue weighted by molar-refractivity contribution is 7.89. The molecule has 0 heterocycles. The summed E-state index contributed by atoms with van der Waals surface area (Å²) in [6.45, 7) is 7.78. The molecular formula is C45H66N2O6S. The highest BCUT2D eigenvalue weighted by Gasteiger charge is 2.15. The Labute approximate surface area is 326 Å². The van der Waals surface area contributed by atoms with Crippen molar-refractivity contribution in [3.05, 3.63) is 89.5 Å². The molecule has 0 aliphatic carbocycles. The van der Waals surface area contributed by atoms with E-state index in [1.807, 2.05) is 55.5 Å². The summed E-state index contributed by atoms with van der Waals surface area (Å²) in [7, 11) is -3.85. The predicted octanol–water partition coefficient (Wildman–Crippen LogP) is 11.6. The molecule has 298 valence electrons. The van der Waals surface area contributed by atoms with Gasteiger partial charge in [0, 0.05) is 12.5 Å². The zero-order chi connectivity index (χ0) is 38.7. The van der Waals surface area contributed by atoms with Crippen molar-refractivity contribution in [2.75, 3.05) is 13.2 Å². The van der Waals surface area contributed by atoms with Gasteiger partial charge in [-0.15, -0.1) is 0 Å². The second-order valence-corrected chi connectivity index (χ2v) is 16.0. The van der Waals surface area contributed by atoms with Gasteiger partial charge in [0.2, 0.25) is 0 Å². The van der Waals surface area contributed by atoms with Crippen molar-refractivity contribution in [3.8, 4) is 11.5 Å². The highest BCUT2D eigenvalue weighted by atomic mass is 32.2. The van der Waals surface area contributed by atoms with Gasteiger partial charge in [0.15, 0.2) is 0 Å². The molecule has 3 rings (SSSR count). The normalized spacial score (nSPS) is 11.7. The fraction of sp³-hybridized carbons (Fsp3) is 0.556. The first kappa shape index (κ1) is 44.5. The Bertz CT molecular complexity index is 1550. The largest absolute Gasteiger partial charge is 0.493 e. The molecule has 0 saturated carbocycles. The Balaban J connectivity index is 1.53. The standard InChI is InChI=1S/C45H66N2O6S/c1-4-6-8-10-12-14-16-21-32-51-41-34-39(35-42(36-41)52-33-22-17-15-13-11-9-7-5-2)37-53-45(48)27-23-26-44(40-24-19-18-20-25-40)46-47-54(49,50)43-30-28-38(3)29-31-43/h18-20,24-25,28-31,34-36,47H,4-17,21-23,26-27,32-33,37H2,1-3H3/b46-44-. The van der Waals surface area contributed by atoms with Gasteiger partial charge in [0.1, 0.15) is 18.1 Å². The summed E-state index contributed by atoms with van der Waals surface area (Å²) in [4.78, 5) is 15.4. The molecule has 3 aromatic rings. The number of benzene rings is 3. The van der Waals surface area contributed by atoms with Gasteiger partial charge in [-0.05, 0) is 68.0 Å². The lowest BCUT2D eigenvalue weighted by Gasteiger charge is -2.13. The van der Waals surface area contributed by atoms with E-state index in [-0.39, 0.29) is 23.9 Å². The molecule has 0 unspecified atom stereocenters. The van der Waals surface area contributed by atoms with Gasteiger partial charge in [-0.25, -0.2) is 0 Å². The number of unbranched alkanes of at least 4 members (excludes halogenated alkanes) is 14. The first-order valence-corrected chi connectivity index (χ1v) is 22.0. The zero-order valence-corrected chi connectivity index (χ0v) is 34.1. The number of hydrogen-bond acceptors (Lipinski definition) is 7. The Hall–Kier alpha value is -3.85. The van der Waals surface area contributed by atoms with Crippen LogP contribution >= 0.6 is 0 Å². The van der Waals surface area contributed by atoms with Gasteiger partial charge in [0.25, 0.3) is 10.0 Å². The minimum Gasteiger partial charge on any atom is -0.493 e. The third kappa shape index (κ3) is 19.0. The van der Waals surface area contributed by atoms with Gasteiger partial charge in [-0.3, -0.25) is 4.79 Å². The molecular weight excluding hydrogens is 697 g/mol. The summed E-state index contributed by atoms with van der Waals surface area (Å²) in [6, 6.07) is 21.8. The Morgan fingerprint density at radius 1 is 0.630 bits per heavy atom. The number of rotatable bonds is 30. The Morgan fingerprint density at radius 3 is 1.69 bits per heavy atom. The van der Waals surface area contributed by atoms with E-state index in [9.17, 15) is 13.2 Å². The molecule has 0 aromatic heterocycles. The first-order valence-electron chi connectivity index (χ1n) is 20.6. The topological polar surface area (TPSA) is 103 Å². The number of ether oxygens (including phenoxy) is 3. The average Bonchev–Trinajstić information content (AvgIpc) is 3.17. The van der Waals surface area contributed by atoms with Crippen LogP contribution in [0.3, 0.4) is 0 Å². The molecule has 0 aliphatic rings. The number of hydrazone groups is 1. The maximum absolute atomic E-state index is 12.9. The molecule has 3 aromatic carbocycles. The maximum atomic E-state index is 12.9. The Morgan fingerprint density at radius 2 is 1.15 bits per heavy atom. The first-order chi connectivity index (χ1) is 26.3. The summed E-state index contributed by atoms with van der Waals surface area (Å²) >= 11 is 0. The highest BCUT2D eigenvalue weighted by Crippen LogP contribution is 2.25. The molecule has 0 bridgehead atoms. The quantitative estimate of drug-likeness (QED) is 0.0314. The van der Waals surface area contributed by atoms with Crippen LogP contribution in [0.5, 0.6) is 11.5 Å². The van der Waals surface area contributed by atoms with Crippen LogP contribution in [0.1, 0.15) is 153 Å². The number of hydrogen-bond donors (Lipinski definition) is 1. The van der Waals surface area contributed by atoms with E-state index >= 15 is 0 Å². The van der Waals surface area contributed by atoms with Crippen LogP contribution in [0.4, 0.5) is 0 Å². The Kier molecular flexibility index (Phi) is 22.1.